The van der Waals surface area contributed by atoms with Crippen LogP contribution in [-0.4, -0.2) is 47.2 Å². The summed E-state index contributed by atoms with van der Waals surface area (Å²) in [4.78, 5) is 22.6. The van der Waals surface area contributed by atoms with E-state index in [0.29, 0.717) is 5.56 Å². The maximum atomic E-state index is 13.5. The van der Waals surface area contributed by atoms with Crippen LogP contribution in [0.15, 0.2) is 35.2 Å². The lowest BCUT2D eigenvalue weighted by Crippen LogP contribution is -2.33. The highest BCUT2D eigenvalue weighted by molar-refractivity contribution is 7.92. The van der Waals surface area contributed by atoms with E-state index in [9.17, 15) is 23.3 Å². The highest BCUT2D eigenvalue weighted by atomic mass is 32.2. The number of aryl methyl sites for hydroxylation is 1. The Hall–Kier alpha value is -3.34. The normalized spacial score (nSPS) is 11.0. The number of anilines is 1. The summed E-state index contributed by atoms with van der Waals surface area (Å²) in [6.07, 6.45) is 0. The SMILES string of the molecule is CCN(c1cc(OC)c(OC)cc1C(=O)OC)S(=O)(=O)c1cc([N+](=O)[O-])ccc1C. The van der Waals surface area contributed by atoms with E-state index < -0.39 is 20.9 Å². The molecule has 0 unspecified atom stereocenters. The van der Waals surface area contributed by atoms with Crippen molar-refractivity contribution in [2.45, 2.75) is 18.7 Å². The number of nitro groups is 1. The predicted octanol–water partition coefficient (Wildman–Crippen LogP) is 2.92. The number of hydrogen-bond donors (Lipinski definition) is 0. The second-order valence-electron chi connectivity index (χ2n) is 6.09. The van der Waals surface area contributed by atoms with Gasteiger partial charge in [0, 0.05) is 30.8 Å². The van der Waals surface area contributed by atoms with E-state index in [4.69, 9.17) is 14.2 Å². The molecule has 0 saturated carbocycles. The number of non-ortho nitro benzene ring substituents is 1. The second-order valence-corrected chi connectivity index (χ2v) is 7.92. The molecule has 0 aliphatic heterocycles. The minimum Gasteiger partial charge on any atom is -0.493 e. The lowest BCUT2D eigenvalue weighted by molar-refractivity contribution is -0.385. The van der Waals surface area contributed by atoms with Gasteiger partial charge in [-0.2, -0.15) is 0 Å². The van der Waals surface area contributed by atoms with Gasteiger partial charge in [0.2, 0.25) is 0 Å². The highest BCUT2D eigenvalue weighted by Gasteiger charge is 2.31. The molecule has 10 nitrogen and oxygen atoms in total. The molecule has 0 N–H and O–H groups in total. The monoisotopic (exact) mass is 438 g/mol. The van der Waals surface area contributed by atoms with Crippen molar-refractivity contribution in [2.24, 2.45) is 0 Å². The summed E-state index contributed by atoms with van der Waals surface area (Å²) < 4.78 is 43.1. The average molecular weight is 438 g/mol. The second kappa shape index (κ2) is 8.99. The van der Waals surface area contributed by atoms with Crippen molar-refractivity contribution >= 4 is 27.4 Å². The number of ether oxygens (including phenoxy) is 3. The van der Waals surface area contributed by atoms with Crippen LogP contribution in [0.25, 0.3) is 0 Å². The molecule has 11 heteroatoms. The molecule has 0 spiro atoms. The number of carbonyl (C=O) groups excluding carboxylic acids is 1. The third kappa shape index (κ3) is 4.15. The molecule has 0 aromatic heterocycles. The summed E-state index contributed by atoms with van der Waals surface area (Å²) in [6.45, 7) is 3.03. The zero-order chi connectivity index (χ0) is 22.6. The molecule has 0 fully saturated rings. The van der Waals surface area contributed by atoms with Gasteiger partial charge in [0.15, 0.2) is 11.5 Å². The third-order valence-corrected chi connectivity index (χ3v) is 6.44. The summed E-state index contributed by atoms with van der Waals surface area (Å²) in [5, 5.41) is 11.1. The first-order valence-corrected chi connectivity index (χ1v) is 10.2. The van der Waals surface area contributed by atoms with Crippen LogP contribution in [0.2, 0.25) is 0 Å². The topological polar surface area (TPSA) is 125 Å². The van der Waals surface area contributed by atoms with Crippen LogP contribution in [0.4, 0.5) is 11.4 Å². The Labute approximate surface area is 174 Å². The van der Waals surface area contributed by atoms with Crippen molar-refractivity contribution in [3.63, 3.8) is 0 Å². The van der Waals surface area contributed by atoms with Gasteiger partial charge in [0.25, 0.3) is 15.7 Å². The number of benzene rings is 2. The largest absolute Gasteiger partial charge is 0.493 e. The zero-order valence-electron chi connectivity index (χ0n) is 17.2. The third-order valence-electron chi connectivity index (χ3n) is 4.41. The average Bonchev–Trinajstić information content (AvgIpc) is 2.72. The lowest BCUT2D eigenvalue weighted by Gasteiger charge is -2.26. The first-order valence-electron chi connectivity index (χ1n) is 8.74. The van der Waals surface area contributed by atoms with Crippen LogP contribution in [0, 0.1) is 17.0 Å². The number of esters is 1. The Morgan fingerprint density at radius 3 is 2.20 bits per heavy atom. The molecule has 0 amide bonds. The Bertz CT molecular complexity index is 1080. The van der Waals surface area contributed by atoms with Crippen LogP contribution < -0.4 is 13.8 Å². The highest BCUT2D eigenvalue weighted by Crippen LogP contribution is 2.38. The molecule has 30 heavy (non-hydrogen) atoms. The molecule has 2 aromatic rings. The molecule has 0 heterocycles. The molecule has 0 bridgehead atoms. The summed E-state index contributed by atoms with van der Waals surface area (Å²) in [7, 11) is -0.366. The summed E-state index contributed by atoms with van der Waals surface area (Å²) in [6, 6.07) is 6.23. The quantitative estimate of drug-likeness (QED) is 0.350. The van der Waals surface area contributed by atoms with Gasteiger partial charge in [-0.15, -0.1) is 0 Å². The van der Waals surface area contributed by atoms with E-state index in [1.165, 1.54) is 45.4 Å². The first-order chi connectivity index (χ1) is 14.1. The Morgan fingerprint density at radius 2 is 1.70 bits per heavy atom. The fourth-order valence-electron chi connectivity index (χ4n) is 2.92. The number of hydrogen-bond acceptors (Lipinski definition) is 8. The fraction of sp³-hybridized carbons (Fsp3) is 0.316. The van der Waals surface area contributed by atoms with E-state index in [0.717, 1.165) is 17.5 Å². The molecular weight excluding hydrogens is 416 g/mol. The maximum Gasteiger partial charge on any atom is 0.340 e. The molecule has 162 valence electrons. The van der Waals surface area contributed by atoms with Crippen LogP contribution >= 0.6 is 0 Å². The fourth-order valence-corrected chi connectivity index (χ4v) is 4.65. The first kappa shape index (κ1) is 22.9. The van der Waals surface area contributed by atoms with E-state index in [2.05, 4.69) is 0 Å². The Balaban J connectivity index is 2.79. The van der Waals surface area contributed by atoms with Crippen LogP contribution in [0.3, 0.4) is 0 Å². The maximum absolute atomic E-state index is 13.5. The number of nitrogens with zero attached hydrogens (tertiary/aromatic N) is 2. The van der Waals surface area contributed by atoms with Crippen molar-refractivity contribution < 1.29 is 32.3 Å². The van der Waals surface area contributed by atoms with Gasteiger partial charge < -0.3 is 14.2 Å². The minimum atomic E-state index is -4.27. The molecule has 2 rings (SSSR count). The summed E-state index contributed by atoms with van der Waals surface area (Å²) >= 11 is 0. The Morgan fingerprint density at radius 1 is 1.10 bits per heavy atom. The molecule has 0 saturated heterocycles. The number of methoxy groups -OCH3 is 3. The number of carbonyl (C=O) groups is 1. The lowest BCUT2D eigenvalue weighted by atomic mass is 10.1. The molecule has 0 aliphatic rings. The minimum absolute atomic E-state index is 0.00657. The van der Waals surface area contributed by atoms with Gasteiger partial charge in [-0.05, 0) is 19.4 Å². The van der Waals surface area contributed by atoms with Crippen LogP contribution in [0.5, 0.6) is 11.5 Å². The summed E-state index contributed by atoms with van der Waals surface area (Å²) in [5.74, 6) is -0.374. The van der Waals surface area contributed by atoms with Crippen molar-refractivity contribution in [1.29, 1.82) is 0 Å². The molecule has 2 aromatic carbocycles. The van der Waals surface area contributed by atoms with Crippen molar-refractivity contribution in [2.75, 3.05) is 32.2 Å². The number of nitro benzene ring substituents is 1. The Kier molecular flexibility index (Phi) is 6.88. The summed E-state index contributed by atoms with van der Waals surface area (Å²) in [5.41, 5.74) is -0.119. The van der Waals surface area contributed by atoms with Crippen molar-refractivity contribution in [3.05, 3.63) is 51.6 Å². The smallest absolute Gasteiger partial charge is 0.340 e. The van der Waals surface area contributed by atoms with Crippen molar-refractivity contribution in [3.8, 4) is 11.5 Å². The standard InChI is InChI=1S/C19H22N2O8S/c1-6-20(30(25,26)18-9-13(21(23)24)8-7-12(18)2)15-11-17(28-4)16(27-3)10-14(15)19(22)29-5/h7-11H,6H2,1-5H3. The van der Waals surface area contributed by atoms with Gasteiger partial charge in [0.1, 0.15) is 0 Å². The van der Waals surface area contributed by atoms with Crippen molar-refractivity contribution in [1.82, 2.24) is 0 Å². The molecule has 0 radical (unpaired) electrons. The number of sulfonamides is 1. The van der Waals surface area contributed by atoms with Gasteiger partial charge >= 0.3 is 5.97 Å². The predicted molar refractivity (Wildman–Crippen MR) is 109 cm³/mol. The van der Waals surface area contributed by atoms with Gasteiger partial charge in [-0.3, -0.25) is 14.4 Å². The van der Waals surface area contributed by atoms with Gasteiger partial charge in [0.05, 0.1) is 42.4 Å². The van der Waals surface area contributed by atoms with Crippen LogP contribution in [0.1, 0.15) is 22.8 Å². The molecular formula is C19H22N2O8S. The van der Waals surface area contributed by atoms with E-state index in [-0.39, 0.29) is 39.9 Å². The zero-order valence-corrected chi connectivity index (χ0v) is 18.0. The van der Waals surface area contributed by atoms with E-state index in [1.807, 2.05) is 0 Å². The van der Waals surface area contributed by atoms with E-state index in [1.54, 1.807) is 6.92 Å². The molecule has 0 aliphatic carbocycles. The van der Waals surface area contributed by atoms with E-state index >= 15 is 0 Å². The van der Waals surface area contributed by atoms with Gasteiger partial charge in [-0.1, -0.05) is 6.07 Å². The van der Waals surface area contributed by atoms with Gasteiger partial charge in [-0.25, -0.2) is 13.2 Å². The van der Waals surface area contributed by atoms with Crippen LogP contribution in [-0.2, 0) is 14.8 Å². The number of rotatable bonds is 8. The molecule has 0 atom stereocenters.